The highest BCUT2D eigenvalue weighted by atomic mass is 127. The first-order valence-electron chi connectivity index (χ1n) is 15.5. The van der Waals surface area contributed by atoms with Crippen LogP contribution in [0, 0.1) is 6.92 Å². The molecule has 3 aromatic heterocycles. The Morgan fingerprint density at radius 2 is 1.89 bits per heavy atom. The summed E-state index contributed by atoms with van der Waals surface area (Å²) in [5.74, 6) is -0.354. The van der Waals surface area contributed by atoms with Crippen LogP contribution in [-0.2, 0) is 6.54 Å². The molecule has 10 heteroatoms. The molecular weight excluding hydrogens is 683 g/mol. The highest BCUT2D eigenvalue weighted by Crippen LogP contribution is 2.27. The number of aryl methyl sites for hydroxylation is 1. The van der Waals surface area contributed by atoms with Crippen LogP contribution in [0.15, 0.2) is 53.2 Å². The molecule has 0 N–H and O–H groups in total. The smallest absolute Gasteiger partial charge is 0.269 e. The largest absolute Gasteiger partial charge is 0.374 e. The maximum atomic E-state index is 14.2. The van der Waals surface area contributed by atoms with Crippen LogP contribution in [0.3, 0.4) is 0 Å². The lowest BCUT2D eigenvalue weighted by molar-refractivity contribution is 0.0882. The first kappa shape index (κ1) is 30.9. The van der Waals surface area contributed by atoms with E-state index in [9.17, 15) is 9.59 Å². The number of carbonyl (C=O) groups excluding carboxylic acids is 1. The van der Waals surface area contributed by atoms with Crippen LogP contribution >= 0.6 is 34.2 Å². The van der Waals surface area contributed by atoms with Crippen molar-refractivity contribution >= 4 is 67.8 Å². The number of fused-ring (bicyclic) bond motifs is 3. The highest BCUT2D eigenvalue weighted by molar-refractivity contribution is 14.1. The molecule has 1 aliphatic heterocycles. The minimum absolute atomic E-state index is 0.156. The van der Waals surface area contributed by atoms with E-state index in [2.05, 4.69) is 33.3 Å². The molecule has 6 rings (SSSR count). The van der Waals surface area contributed by atoms with Crippen molar-refractivity contribution in [2.24, 2.45) is 0 Å². The van der Waals surface area contributed by atoms with Crippen LogP contribution in [0.2, 0.25) is 0 Å². The van der Waals surface area contributed by atoms with Gasteiger partial charge in [0.2, 0.25) is 5.43 Å². The first-order valence-corrected chi connectivity index (χ1v) is 17.3. The van der Waals surface area contributed by atoms with E-state index >= 15 is 0 Å². The topological polar surface area (TPSA) is 74.1 Å². The van der Waals surface area contributed by atoms with Gasteiger partial charge in [-0.2, -0.15) is 0 Å². The summed E-state index contributed by atoms with van der Waals surface area (Å²) in [7, 11) is 0. The van der Waals surface area contributed by atoms with Crippen molar-refractivity contribution in [1.82, 2.24) is 27.3 Å². The molecule has 0 unspecified atom stereocenters. The minimum Gasteiger partial charge on any atom is -0.374 e. The Morgan fingerprint density at radius 1 is 1.09 bits per heavy atom. The summed E-state index contributed by atoms with van der Waals surface area (Å²) in [6, 6.07) is 8.69. The number of thiazole rings is 1. The quantitative estimate of drug-likeness (QED) is 0.205. The maximum absolute atomic E-state index is 14.2. The van der Waals surface area contributed by atoms with E-state index in [0.29, 0.717) is 21.1 Å². The van der Waals surface area contributed by atoms with Gasteiger partial charge in [-0.3, -0.25) is 32.0 Å². The molecule has 8 nitrogen and oxygen atoms in total. The van der Waals surface area contributed by atoms with Gasteiger partial charge in [-0.15, -0.1) is 11.3 Å². The average molecular weight is 723 g/mol. The zero-order valence-electron chi connectivity index (χ0n) is 25.5. The Balaban J connectivity index is 1.37. The summed E-state index contributed by atoms with van der Waals surface area (Å²) in [4.78, 5) is 42.6. The monoisotopic (exact) mass is 722 g/mol. The number of aromatic nitrogens is 3. The molecule has 0 radical (unpaired) electrons. The number of rotatable bonds is 6. The molecule has 4 heterocycles. The molecule has 1 saturated carbocycles. The Bertz CT molecular complexity index is 1880. The zero-order valence-corrected chi connectivity index (χ0v) is 28.4. The van der Waals surface area contributed by atoms with Gasteiger partial charge in [0, 0.05) is 49.3 Å². The Labute approximate surface area is 275 Å². The third-order valence-electron chi connectivity index (χ3n) is 8.96. The number of hydrogen-bond donors (Lipinski definition) is 0. The number of pyridine rings is 1. The molecule has 0 bridgehead atoms. The molecule has 1 aromatic carbocycles. The molecule has 1 aliphatic carbocycles. The minimum atomic E-state index is -0.354. The highest BCUT2D eigenvalue weighted by Gasteiger charge is 2.25. The lowest BCUT2D eigenvalue weighted by atomic mass is 9.94. The molecule has 2 aliphatic rings. The van der Waals surface area contributed by atoms with E-state index in [-0.39, 0.29) is 23.4 Å². The van der Waals surface area contributed by atoms with E-state index in [0.717, 1.165) is 60.2 Å². The normalized spacial score (nSPS) is 17.8. The second-order valence-electron chi connectivity index (χ2n) is 11.9. The number of carbonyl (C=O) groups is 1. The SMILES string of the molecule is C=c1/c(=C\C=C(/C)N2CCCN(C3CCCCC3)CC2)c(=O)c(C(=O)N(I)Cc2cnc(C)cn2)c2sc3ccccc3n12. The van der Waals surface area contributed by atoms with E-state index in [1.54, 1.807) is 12.4 Å². The van der Waals surface area contributed by atoms with Crippen molar-refractivity contribution in [2.75, 3.05) is 26.2 Å². The maximum Gasteiger partial charge on any atom is 0.269 e. The number of halogens is 1. The Hall–Kier alpha value is -3.09. The van der Waals surface area contributed by atoms with Crippen molar-refractivity contribution in [2.45, 2.75) is 65.0 Å². The number of amides is 1. The van der Waals surface area contributed by atoms with Crippen LogP contribution in [-0.4, -0.2) is 65.4 Å². The first-order chi connectivity index (χ1) is 21.3. The molecule has 1 saturated heterocycles. The van der Waals surface area contributed by atoms with Gasteiger partial charge in [-0.25, -0.2) is 0 Å². The van der Waals surface area contributed by atoms with Gasteiger partial charge >= 0.3 is 0 Å². The molecule has 0 spiro atoms. The van der Waals surface area contributed by atoms with Crippen LogP contribution in [0.5, 0.6) is 0 Å². The summed E-state index contributed by atoms with van der Waals surface area (Å²) in [5, 5.41) is 1.03. The summed E-state index contributed by atoms with van der Waals surface area (Å²) >= 11 is 3.42. The van der Waals surface area contributed by atoms with Crippen LogP contribution in [0.25, 0.3) is 27.7 Å². The Morgan fingerprint density at radius 3 is 2.66 bits per heavy atom. The van der Waals surface area contributed by atoms with Crippen LogP contribution < -0.4 is 16.0 Å². The fourth-order valence-electron chi connectivity index (χ4n) is 6.51. The van der Waals surface area contributed by atoms with Crippen molar-refractivity contribution in [1.29, 1.82) is 0 Å². The second kappa shape index (κ2) is 13.5. The van der Waals surface area contributed by atoms with Gasteiger partial charge in [0.05, 0.1) is 62.6 Å². The second-order valence-corrected chi connectivity index (χ2v) is 14.1. The predicted molar refractivity (Wildman–Crippen MR) is 187 cm³/mol. The van der Waals surface area contributed by atoms with Crippen molar-refractivity contribution in [3.05, 3.63) is 86.2 Å². The van der Waals surface area contributed by atoms with Gasteiger partial charge in [-0.05, 0) is 57.4 Å². The van der Waals surface area contributed by atoms with Gasteiger partial charge in [0.15, 0.2) is 0 Å². The lowest BCUT2D eigenvalue weighted by Crippen LogP contribution is -2.46. The fraction of sp³-hybridized carbons (Fsp3) is 0.412. The molecule has 44 heavy (non-hydrogen) atoms. The predicted octanol–water partition coefficient (Wildman–Crippen LogP) is 5.04. The summed E-state index contributed by atoms with van der Waals surface area (Å²) in [6.45, 7) is 12.8. The number of hydrogen-bond acceptors (Lipinski definition) is 7. The van der Waals surface area contributed by atoms with Gasteiger partial charge < -0.3 is 4.90 Å². The van der Waals surface area contributed by atoms with Crippen LogP contribution in [0.1, 0.15) is 67.2 Å². The molecule has 230 valence electrons. The zero-order chi connectivity index (χ0) is 30.8. The van der Waals surface area contributed by atoms with Crippen molar-refractivity contribution in [3.63, 3.8) is 0 Å². The molecule has 1 amide bonds. The summed E-state index contributed by atoms with van der Waals surface area (Å²) in [6.07, 6.45) is 15.1. The van der Waals surface area contributed by atoms with Gasteiger partial charge in [-0.1, -0.05) is 38.0 Å². The van der Waals surface area contributed by atoms with E-state index in [4.69, 9.17) is 0 Å². The summed E-state index contributed by atoms with van der Waals surface area (Å²) in [5.41, 5.74) is 3.37. The van der Waals surface area contributed by atoms with Gasteiger partial charge in [0.1, 0.15) is 10.4 Å². The molecular formula is C34H39IN6O2S. The fourth-order valence-corrected chi connectivity index (χ4v) is 8.30. The molecule has 0 atom stereocenters. The summed E-state index contributed by atoms with van der Waals surface area (Å²) < 4.78 is 4.47. The lowest BCUT2D eigenvalue weighted by Gasteiger charge is -2.33. The Kier molecular flexibility index (Phi) is 9.48. The van der Waals surface area contributed by atoms with Crippen molar-refractivity contribution in [3.8, 4) is 0 Å². The average Bonchev–Trinajstić information content (AvgIpc) is 3.23. The third-order valence-corrected chi connectivity index (χ3v) is 10.9. The van der Waals surface area contributed by atoms with E-state index in [1.807, 2.05) is 70.6 Å². The van der Waals surface area contributed by atoms with Crippen molar-refractivity contribution < 1.29 is 4.79 Å². The molecule has 4 aromatic rings. The third kappa shape index (κ3) is 6.34. The number of allylic oxidation sites excluding steroid dienone is 2. The number of benzene rings is 1. The van der Waals surface area contributed by atoms with E-state index < -0.39 is 0 Å². The standard InChI is InChI=1S/C34H39IN6O2S/c1-23-20-37-26(21-36-23)22-40(35)33(43)31-32(42)28(25(3)41-29-12-7-8-13-30(29)44-34(31)41)15-14-24(2)38-16-9-17-39(19-18-38)27-10-5-4-6-11-27/h7-8,12-15,20-21,27H,3-6,9-11,16-19,22H2,1-2H3/b24-14+,28-15+. The number of nitrogens with zero attached hydrogens (tertiary/aromatic N) is 6. The number of para-hydroxylation sites is 1. The molecule has 2 fully saturated rings. The van der Waals surface area contributed by atoms with Gasteiger partial charge in [0.25, 0.3) is 5.91 Å². The van der Waals surface area contributed by atoms with Crippen LogP contribution in [0.4, 0.5) is 0 Å². The van der Waals surface area contributed by atoms with E-state index in [1.165, 1.54) is 46.6 Å².